The van der Waals surface area contributed by atoms with Gasteiger partial charge in [-0.1, -0.05) is 0 Å². The van der Waals surface area contributed by atoms with Gasteiger partial charge in [0.2, 0.25) is 0 Å². The second-order valence-corrected chi connectivity index (χ2v) is 0.283. The molecule has 0 saturated carbocycles. The van der Waals surface area contributed by atoms with Gasteiger partial charge in [0, 0.05) is 16.8 Å². The van der Waals surface area contributed by atoms with Crippen LogP contribution < -0.4 is 6.15 Å². The molecule has 0 amide bonds. The van der Waals surface area contributed by atoms with Crippen molar-refractivity contribution >= 4 is 6.16 Å². The van der Waals surface area contributed by atoms with E-state index in [4.69, 9.17) is 15.0 Å². The van der Waals surface area contributed by atoms with E-state index >= 15 is 0 Å². The quantitative estimate of drug-likeness (QED) is 0.439. The van der Waals surface area contributed by atoms with Gasteiger partial charge in [-0.3, -0.25) is 0 Å². The Labute approximate surface area is 50.4 Å². The molecule has 0 unspecified atom stereocenters. The van der Waals surface area contributed by atoms with Gasteiger partial charge in [0.05, 0.1) is 0 Å². The monoisotopic (exact) mass is 156 g/mol. The summed E-state index contributed by atoms with van der Waals surface area (Å²) in [5.41, 5.74) is 0. The SMILES string of the molecule is N.O.O=C(O)O.[Co]. The fourth-order valence-electron chi connectivity index (χ4n) is 0. The minimum atomic E-state index is -1.83. The minimum Gasteiger partial charge on any atom is -0.450 e. The molecule has 0 atom stereocenters. The van der Waals surface area contributed by atoms with Gasteiger partial charge in [-0.15, -0.1) is 0 Å². The molecular weight excluding hydrogens is 149 g/mol. The molecule has 0 bridgehead atoms. The average Bonchev–Trinajstić information content (AvgIpc) is 0.811. The molecule has 0 rings (SSSR count). The molecular formula is CH7CoNO4. The van der Waals surface area contributed by atoms with Crippen molar-refractivity contribution in [3.63, 3.8) is 0 Å². The van der Waals surface area contributed by atoms with Crippen LogP contribution in [0.25, 0.3) is 0 Å². The van der Waals surface area contributed by atoms with E-state index in [1.807, 2.05) is 0 Å². The molecule has 0 spiro atoms. The van der Waals surface area contributed by atoms with Crippen molar-refractivity contribution in [3.05, 3.63) is 0 Å². The van der Waals surface area contributed by atoms with Crippen LogP contribution in [-0.4, -0.2) is 21.8 Å². The Balaban J connectivity index is -0.0000000150. The Morgan fingerprint density at radius 2 is 1.29 bits per heavy atom. The third-order valence-electron chi connectivity index (χ3n) is 0. The fourth-order valence-corrected chi connectivity index (χ4v) is 0. The molecule has 1 radical (unpaired) electrons. The Bertz CT molecular complexity index is 34.7. The topological polar surface area (TPSA) is 124 Å². The molecule has 0 aromatic carbocycles. The standard InChI is InChI=1S/CH2O3.Co.H3N.H2O/c2-1(3)4;;;/h(H2,2,3,4);;1H3;1H2. The second-order valence-electron chi connectivity index (χ2n) is 0.283. The van der Waals surface area contributed by atoms with Gasteiger partial charge in [-0.2, -0.15) is 0 Å². The van der Waals surface area contributed by atoms with Gasteiger partial charge < -0.3 is 21.8 Å². The van der Waals surface area contributed by atoms with Crippen molar-refractivity contribution in [1.82, 2.24) is 6.15 Å². The van der Waals surface area contributed by atoms with Gasteiger partial charge >= 0.3 is 6.16 Å². The van der Waals surface area contributed by atoms with E-state index < -0.39 is 6.16 Å². The summed E-state index contributed by atoms with van der Waals surface area (Å²) >= 11 is 0. The van der Waals surface area contributed by atoms with Gasteiger partial charge in [0.15, 0.2) is 0 Å². The molecule has 5 nitrogen and oxygen atoms in total. The number of carbonyl (C=O) groups is 1. The van der Waals surface area contributed by atoms with Crippen LogP contribution in [0, 0.1) is 0 Å². The molecule has 6 heteroatoms. The van der Waals surface area contributed by atoms with Crippen LogP contribution in [0.2, 0.25) is 0 Å². The summed E-state index contributed by atoms with van der Waals surface area (Å²) in [5, 5.41) is 13.9. The van der Waals surface area contributed by atoms with Crippen LogP contribution in [0.4, 0.5) is 4.79 Å². The Morgan fingerprint density at radius 3 is 1.29 bits per heavy atom. The van der Waals surface area contributed by atoms with E-state index in [9.17, 15) is 0 Å². The zero-order valence-corrected chi connectivity index (χ0v) is 4.38. The van der Waals surface area contributed by atoms with E-state index in [-0.39, 0.29) is 28.4 Å². The molecule has 0 fully saturated rings. The van der Waals surface area contributed by atoms with E-state index in [1.165, 1.54) is 0 Å². The van der Waals surface area contributed by atoms with Crippen LogP contribution in [0.15, 0.2) is 0 Å². The maximum Gasteiger partial charge on any atom is 0.503 e. The summed E-state index contributed by atoms with van der Waals surface area (Å²) in [5.74, 6) is 0. The molecule has 49 valence electrons. The van der Waals surface area contributed by atoms with Crippen LogP contribution in [0.1, 0.15) is 0 Å². The molecule has 7 heavy (non-hydrogen) atoms. The molecule has 0 aliphatic rings. The molecule has 0 saturated heterocycles. The summed E-state index contributed by atoms with van der Waals surface area (Å²) in [6.45, 7) is 0. The maximum absolute atomic E-state index is 8.56. The van der Waals surface area contributed by atoms with Crippen LogP contribution >= 0.6 is 0 Å². The van der Waals surface area contributed by atoms with E-state index in [1.54, 1.807) is 0 Å². The molecule has 0 aliphatic heterocycles. The van der Waals surface area contributed by atoms with Crippen molar-refractivity contribution in [1.29, 1.82) is 0 Å². The van der Waals surface area contributed by atoms with Crippen LogP contribution in [-0.2, 0) is 16.8 Å². The largest absolute Gasteiger partial charge is 0.503 e. The summed E-state index contributed by atoms with van der Waals surface area (Å²) in [4.78, 5) is 8.56. The third kappa shape index (κ3) is 845. The Morgan fingerprint density at radius 1 is 1.29 bits per heavy atom. The first kappa shape index (κ1) is 29.9. The number of rotatable bonds is 0. The number of hydrogen-bond donors (Lipinski definition) is 3. The smallest absolute Gasteiger partial charge is 0.450 e. The van der Waals surface area contributed by atoms with Crippen molar-refractivity contribution in [3.8, 4) is 0 Å². The summed E-state index contributed by atoms with van der Waals surface area (Å²) in [6.07, 6.45) is -1.83. The van der Waals surface area contributed by atoms with Gasteiger partial charge in [0.25, 0.3) is 0 Å². The zero-order chi connectivity index (χ0) is 3.58. The molecule has 0 heterocycles. The van der Waals surface area contributed by atoms with Gasteiger partial charge in [-0.25, -0.2) is 4.79 Å². The Kier molecular flexibility index (Phi) is 73.8. The van der Waals surface area contributed by atoms with E-state index in [0.717, 1.165) is 0 Å². The zero-order valence-electron chi connectivity index (χ0n) is 3.34. The first-order valence-electron chi connectivity index (χ1n) is 0.651. The van der Waals surface area contributed by atoms with Crippen molar-refractivity contribution in [2.24, 2.45) is 0 Å². The molecule has 7 N–H and O–H groups in total. The average molecular weight is 156 g/mol. The summed E-state index contributed by atoms with van der Waals surface area (Å²) in [6, 6.07) is 0. The molecule has 0 aromatic heterocycles. The minimum absolute atomic E-state index is 0. The second kappa shape index (κ2) is 17.3. The van der Waals surface area contributed by atoms with Crippen molar-refractivity contribution in [2.75, 3.05) is 0 Å². The van der Waals surface area contributed by atoms with Crippen molar-refractivity contribution in [2.45, 2.75) is 0 Å². The molecule has 0 aliphatic carbocycles. The molecule has 0 aromatic rings. The van der Waals surface area contributed by atoms with E-state index in [0.29, 0.717) is 0 Å². The van der Waals surface area contributed by atoms with E-state index in [2.05, 4.69) is 0 Å². The van der Waals surface area contributed by atoms with Gasteiger partial charge in [0.1, 0.15) is 0 Å². The van der Waals surface area contributed by atoms with Crippen molar-refractivity contribution < 1.29 is 37.3 Å². The summed E-state index contributed by atoms with van der Waals surface area (Å²) in [7, 11) is 0. The third-order valence-corrected chi connectivity index (χ3v) is 0. The summed E-state index contributed by atoms with van der Waals surface area (Å²) < 4.78 is 0. The van der Waals surface area contributed by atoms with Crippen LogP contribution in [0.3, 0.4) is 0 Å². The predicted octanol–water partition coefficient (Wildman–Crippen LogP) is -0.443. The maximum atomic E-state index is 8.56. The predicted molar refractivity (Wildman–Crippen MR) is 19.3 cm³/mol. The van der Waals surface area contributed by atoms with Gasteiger partial charge in [-0.05, 0) is 0 Å². The first-order valence-corrected chi connectivity index (χ1v) is 0.651. The Hall–Kier alpha value is -0.304. The number of hydrogen-bond acceptors (Lipinski definition) is 2. The normalized spacial score (nSPS) is 3.43. The fraction of sp³-hybridized carbons (Fsp3) is 0. The van der Waals surface area contributed by atoms with Crippen LogP contribution in [0.5, 0.6) is 0 Å². The first-order chi connectivity index (χ1) is 1.73. The number of carboxylic acid groups (broad SMARTS) is 2.